The van der Waals surface area contributed by atoms with Crippen LogP contribution in [0.3, 0.4) is 0 Å². The standard InChI is InChI=1S/C19H14ClFN4O2/c1-11(26)12-3-2-4-13(9-12)23-18(27)17-7-8-22-19(25-17)24-14-5-6-16(21)15(20)10-14/h2-10H,1H3,(H,23,27)(H,22,24,25). The van der Waals surface area contributed by atoms with Gasteiger partial charge >= 0.3 is 0 Å². The van der Waals surface area contributed by atoms with Gasteiger partial charge in [0.2, 0.25) is 5.95 Å². The molecule has 1 heterocycles. The molecule has 0 saturated carbocycles. The van der Waals surface area contributed by atoms with Gasteiger partial charge in [-0.15, -0.1) is 0 Å². The van der Waals surface area contributed by atoms with Crippen molar-refractivity contribution in [3.8, 4) is 0 Å². The van der Waals surface area contributed by atoms with Crippen LogP contribution in [0.4, 0.5) is 21.7 Å². The van der Waals surface area contributed by atoms with E-state index in [1.165, 1.54) is 37.4 Å². The molecule has 0 saturated heterocycles. The van der Waals surface area contributed by atoms with Gasteiger partial charge in [-0.3, -0.25) is 9.59 Å². The Hall–Kier alpha value is -3.32. The Kier molecular flexibility index (Phi) is 5.42. The molecule has 0 aliphatic heterocycles. The van der Waals surface area contributed by atoms with Gasteiger partial charge in [0.15, 0.2) is 5.78 Å². The highest BCUT2D eigenvalue weighted by molar-refractivity contribution is 6.31. The zero-order valence-corrected chi connectivity index (χ0v) is 14.9. The van der Waals surface area contributed by atoms with Crippen LogP contribution in [0, 0.1) is 5.82 Å². The molecule has 0 radical (unpaired) electrons. The molecule has 0 unspecified atom stereocenters. The van der Waals surface area contributed by atoms with Crippen molar-refractivity contribution in [2.75, 3.05) is 10.6 Å². The summed E-state index contributed by atoms with van der Waals surface area (Å²) in [7, 11) is 0. The van der Waals surface area contributed by atoms with E-state index in [0.717, 1.165) is 0 Å². The number of nitrogens with one attached hydrogen (secondary N) is 2. The van der Waals surface area contributed by atoms with Crippen molar-refractivity contribution in [3.63, 3.8) is 0 Å². The summed E-state index contributed by atoms with van der Waals surface area (Å²) < 4.78 is 13.2. The molecule has 0 bridgehead atoms. The number of halogens is 2. The molecule has 0 aliphatic carbocycles. The first-order chi connectivity index (χ1) is 12.9. The summed E-state index contributed by atoms with van der Waals surface area (Å²) in [6.07, 6.45) is 1.42. The molecule has 0 spiro atoms. The summed E-state index contributed by atoms with van der Waals surface area (Å²) in [5, 5.41) is 5.50. The van der Waals surface area contributed by atoms with Gasteiger partial charge in [-0.2, -0.15) is 0 Å². The number of rotatable bonds is 5. The van der Waals surface area contributed by atoms with Crippen LogP contribution < -0.4 is 10.6 Å². The molecule has 1 aromatic heterocycles. The van der Waals surface area contributed by atoms with E-state index in [4.69, 9.17) is 11.6 Å². The summed E-state index contributed by atoms with van der Waals surface area (Å²) in [5.41, 5.74) is 1.57. The molecule has 3 rings (SSSR count). The van der Waals surface area contributed by atoms with E-state index in [-0.39, 0.29) is 22.4 Å². The Bertz CT molecular complexity index is 1030. The number of nitrogens with zero attached hydrogens (tertiary/aromatic N) is 2. The highest BCUT2D eigenvalue weighted by Gasteiger charge is 2.11. The van der Waals surface area contributed by atoms with Gasteiger partial charge in [0.05, 0.1) is 5.02 Å². The Morgan fingerprint density at radius 2 is 1.89 bits per heavy atom. The number of carbonyl (C=O) groups excluding carboxylic acids is 2. The first-order valence-corrected chi connectivity index (χ1v) is 8.27. The lowest BCUT2D eigenvalue weighted by Gasteiger charge is -2.08. The summed E-state index contributed by atoms with van der Waals surface area (Å²) in [6, 6.07) is 12.1. The van der Waals surface area contributed by atoms with E-state index in [1.54, 1.807) is 24.3 Å². The number of carbonyl (C=O) groups is 2. The SMILES string of the molecule is CC(=O)c1cccc(NC(=O)c2ccnc(Nc3ccc(F)c(Cl)c3)n2)c1. The largest absolute Gasteiger partial charge is 0.324 e. The quantitative estimate of drug-likeness (QED) is 0.634. The average Bonchev–Trinajstić information content (AvgIpc) is 2.65. The monoisotopic (exact) mass is 384 g/mol. The second-order valence-electron chi connectivity index (χ2n) is 5.61. The van der Waals surface area contributed by atoms with Crippen molar-refractivity contribution in [2.24, 2.45) is 0 Å². The molecular weight excluding hydrogens is 371 g/mol. The molecular formula is C19H14ClFN4O2. The van der Waals surface area contributed by atoms with E-state index >= 15 is 0 Å². The first kappa shape index (κ1) is 18.5. The van der Waals surface area contributed by atoms with Gasteiger partial charge in [-0.25, -0.2) is 14.4 Å². The molecule has 8 heteroatoms. The number of hydrogen-bond donors (Lipinski definition) is 2. The van der Waals surface area contributed by atoms with E-state index in [2.05, 4.69) is 20.6 Å². The van der Waals surface area contributed by atoms with Crippen molar-refractivity contribution in [1.29, 1.82) is 0 Å². The fourth-order valence-corrected chi connectivity index (χ4v) is 2.44. The van der Waals surface area contributed by atoms with Gasteiger partial charge in [-0.1, -0.05) is 23.7 Å². The lowest BCUT2D eigenvalue weighted by Crippen LogP contribution is -2.15. The van der Waals surface area contributed by atoms with E-state index in [0.29, 0.717) is 16.9 Å². The van der Waals surface area contributed by atoms with Crippen LogP contribution in [-0.2, 0) is 0 Å². The van der Waals surface area contributed by atoms with E-state index < -0.39 is 11.7 Å². The van der Waals surface area contributed by atoms with E-state index in [1.807, 2.05) is 0 Å². The minimum Gasteiger partial charge on any atom is -0.324 e. The topological polar surface area (TPSA) is 84.0 Å². The average molecular weight is 385 g/mol. The maximum absolute atomic E-state index is 13.2. The van der Waals surface area contributed by atoms with E-state index in [9.17, 15) is 14.0 Å². The molecule has 0 fully saturated rings. The number of aromatic nitrogens is 2. The number of Topliss-reactive ketones (excluding diaryl/α,β-unsaturated/α-hetero) is 1. The molecule has 27 heavy (non-hydrogen) atoms. The third-order valence-electron chi connectivity index (χ3n) is 3.59. The van der Waals surface area contributed by atoms with Crippen molar-refractivity contribution >= 4 is 40.6 Å². The lowest BCUT2D eigenvalue weighted by molar-refractivity contribution is 0.100. The molecule has 0 aliphatic rings. The van der Waals surface area contributed by atoms with Crippen LogP contribution in [0.25, 0.3) is 0 Å². The predicted molar refractivity (Wildman–Crippen MR) is 101 cm³/mol. The summed E-state index contributed by atoms with van der Waals surface area (Å²) in [5.74, 6) is -0.942. The van der Waals surface area contributed by atoms with Crippen LogP contribution in [-0.4, -0.2) is 21.7 Å². The number of hydrogen-bond acceptors (Lipinski definition) is 5. The van der Waals surface area contributed by atoms with Gasteiger partial charge in [0, 0.05) is 23.1 Å². The first-order valence-electron chi connectivity index (χ1n) is 7.90. The Morgan fingerprint density at radius 3 is 2.63 bits per heavy atom. The number of anilines is 3. The van der Waals surface area contributed by atoms with Gasteiger partial charge < -0.3 is 10.6 Å². The highest BCUT2D eigenvalue weighted by Crippen LogP contribution is 2.21. The molecule has 1 amide bonds. The highest BCUT2D eigenvalue weighted by atomic mass is 35.5. The van der Waals surface area contributed by atoms with Crippen molar-refractivity contribution in [2.45, 2.75) is 6.92 Å². The van der Waals surface area contributed by atoms with Crippen LogP contribution in [0.2, 0.25) is 5.02 Å². The molecule has 2 N–H and O–H groups in total. The Balaban J connectivity index is 1.76. The number of ketones is 1. The summed E-state index contributed by atoms with van der Waals surface area (Å²) in [6.45, 7) is 1.45. The maximum atomic E-state index is 13.2. The van der Waals surface area contributed by atoms with Crippen molar-refractivity contribution in [3.05, 3.63) is 76.8 Å². The normalized spacial score (nSPS) is 10.3. The third kappa shape index (κ3) is 4.65. The Labute approximate surface area is 159 Å². The third-order valence-corrected chi connectivity index (χ3v) is 3.88. The molecule has 2 aromatic carbocycles. The van der Waals surface area contributed by atoms with Crippen molar-refractivity contribution in [1.82, 2.24) is 9.97 Å². The van der Waals surface area contributed by atoms with Gasteiger partial charge in [0.25, 0.3) is 5.91 Å². The molecule has 0 atom stereocenters. The zero-order chi connectivity index (χ0) is 19.4. The van der Waals surface area contributed by atoms with Crippen LogP contribution in [0.15, 0.2) is 54.7 Å². The summed E-state index contributed by atoms with van der Waals surface area (Å²) >= 11 is 5.74. The Morgan fingerprint density at radius 1 is 1.07 bits per heavy atom. The van der Waals surface area contributed by atoms with Gasteiger partial charge in [-0.05, 0) is 43.3 Å². The summed E-state index contributed by atoms with van der Waals surface area (Å²) in [4.78, 5) is 32.0. The van der Waals surface area contributed by atoms with Gasteiger partial charge in [0.1, 0.15) is 11.5 Å². The van der Waals surface area contributed by atoms with Crippen LogP contribution in [0.5, 0.6) is 0 Å². The number of benzene rings is 2. The predicted octanol–water partition coefficient (Wildman–Crippen LogP) is 4.47. The second-order valence-corrected chi connectivity index (χ2v) is 6.02. The lowest BCUT2D eigenvalue weighted by atomic mass is 10.1. The smallest absolute Gasteiger partial charge is 0.274 e. The molecule has 3 aromatic rings. The molecule has 136 valence electrons. The second kappa shape index (κ2) is 7.92. The minimum absolute atomic E-state index is 0.0424. The maximum Gasteiger partial charge on any atom is 0.274 e. The fraction of sp³-hybridized carbons (Fsp3) is 0.0526. The zero-order valence-electron chi connectivity index (χ0n) is 14.2. The molecule has 6 nitrogen and oxygen atoms in total. The van der Waals surface area contributed by atoms with Crippen molar-refractivity contribution < 1.29 is 14.0 Å². The van der Waals surface area contributed by atoms with Crippen LogP contribution >= 0.6 is 11.6 Å². The fourth-order valence-electron chi connectivity index (χ4n) is 2.26. The van der Waals surface area contributed by atoms with Crippen LogP contribution in [0.1, 0.15) is 27.8 Å². The number of amides is 1. The minimum atomic E-state index is -0.538.